The number of amides is 1. The van der Waals surface area contributed by atoms with Crippen molar-refractivity contribution in [3.8, 4) is 5.75 Å². The highest BCUT2D eigenvalue weighted by molar-refractivity contribution is 7.19. The molecule has 170 valence electrons. The van der Waals surface area contributed by atoms with Gasteiger partial charge in [-0.1, -0.05) is 61.2 Å². The zero-order valence-corrected chi connectivity index (χ0v) is 17.8. The molecule has 0 aliphatic rings. The number of fused-ring (bicyclic) bond motifs is 1. The standard InChI is InChI=1S/C22H19N5O4S.CH4/c1-31-20(30)16(12-13-6-3-2-4-7-13)24-21-26-27-22(32-21)25-19(29)15-10-9-14-8-5-11-23-17(14)18(15)28;/h2-11,16,28H,12H2,1H3,(H,24,26)(H,25,27,29);1H4. The maximum Gasteiger partial charge on any atom is 0.328 e. The van der Waals surface area contributed by atoms with Crippen molar-refractivity contribution in [1.82, 2.24) is 15.2 Å². The number of aromatic hydroxyl groups is 1. The third-order valence-corrected chi connectivity index (χ3v) is 5.47. The van der Waals surface area contributed by atoms with Crippen LogP contribution in [0.15, 0.2) is 60.8 Å². The van der Waals surface area contributed by atoms with Gasteiger partial charge in [-0.15, -0.1) is 10.2 Å². The highest BCUT2D eigenvalue weighted by Crippen LogP contribution is 2.28. The Balaban J connectivity index is 0.00000306. The lowest BCUT2D eigenvalue weighted by atomic mass is 10.1. The second-order valence-corrected chi connectivity index (χ2v) is 7.79. The van der Waals surface area contributed by atoms with Gasteiger partial charge in [0.15, 0.2) is 5.75 Å². The number of methoxy groups -OCH3 is 1. The first-order valence-corrected chi connectivity index (χ1v) is 10.5. The third kappa shape index (κ3) is 5.42. The number of nitrogens with one attached hydrogen (secondary N) is 2. The SMILES string of the molecule is C.COC(=O)C(Cc1ccccc1)Nc1nnc(NC(=O)c2ccc3cccnc3c2O)s1. The second-order valence-electron chi connectivity index (χ2n) is 6.81. The van der Waals surface area contributed by atoms with E-state index >= 15 is 0 Å². The number of carbonyl (C=O) groups excluding carboxylic acids is 2. The zero-order chi connectivity index (χ0) is 22.5. The van der Waals surface area contributed by atoms with Crippen molar-refractivity contribution >= 4 is 44.4 Å². The number of phenolic OH excluding ortho intramolecular Hbond substituents is 1. The van der Waals surface area contributed by atoms with Crippen molar-refractivity contribution in [2.75, 3.05) is 17.7 Å². The summed E-state index contributed by atoms with van der Waals surface area (Å²) in [7, 11) is 1.32. The predicted molar refractivity (Wildman–Crippen MR) is 128 cm³/mol. The summed E-state index contributed by atoms with van der Waals surface area (Å²) in [6.07, 6.45) is 1.94. The maximum absolute atomic E-state index is 12.7. The monoisotopic (exact) mass is 465 g/mol. The molecule has 1 atom stereocenters. The summed E-state index contributed by atoms with van der Waals surface area (Å²) >= 11 is 1.06. The summed E-state index contributed by atoms with van der Waals surface area (Å²) < 4.78 is 4.89. The van der Waals surface area contributed by atoms with E-state index in [-0.39, 0.29) is 23.9 Å². The van der Waals surface area contributed by atoms with E-state index in [1.807, 2.05) is 30.3 Å². The van der Waals surface area contributed by atoms with E-state index in [2.05, 4.69) is 25.8 Å². The molecule has 0 saturated heterocycles. The fourth-order valence-corrected chi connectivity index (χ4v) is 3.84. The molecule has 0 fully saturated rings. The molecule has 4 aromatic rings. The normalized spacial score (nSPS) is 11.3. The average molecular weight is 466 g/mol. The van der Waals surface area contributed by atoms with Crippen LogP contribution < -0.4 is 10.6 Å². The number of esters is 1. The molecule has 0 spiro atoms. The molecule has 3 N–H and O–H groups in total. The lowest BCUT2D eigenvalue weighted by Crippen LogP contribution is -2.32. The molecule has 0 aliphatic heterocycles. The number of anilines is 2. The van der Waals surface area contributed by atoms with Crippen molar-refractivity contribution in [1.29, 1.82) is 0 Å². The van der Waals surface area contributed by atoms with Crippen LogP contribution in [0.5, 0.6) is 5.75 Å². The number of carbonyl (C=O) groups is 2. The number of nitrogens with zero attached hydrogens (tertiary/aromatic N) is 3. The molecule has 2 aromatic heterocycles. The van der Waals surface area contributed by atoms with Crippen LogP contribution in [0.1, 0.15) is 23.3 Å². The Kier molecular flexibility index (Phi) is 7.52. The first-order valence-electron chi connectivity index (χ1n) is 9.65. The van der Waals surface area contributed by atoms with E-state index < -0.39 is 17.9 Å². The first-order chi connectivity index (χ1) is 15.5. The average Bonchev–Trinajstić information content (AvgIpc) is 3.25. The second kappa shape index (κ2) is 10.5. The minimum atomic E-state index is -0.672. The third-order valence-electron chi connectivity index (χ3n) is 4.70. The van der Waals surface area contributed by atoms with Crippen LogP contribution in [0.4, 0.5) is 10.3 Å². The maximum atomic E-state index is 12.7. The Bertz CT molecular complexity index is 1260. The molecular formula is C23H23N5O4S. The largest absolute Gasteiger partial charge is 0.505 e. The van der Waals surface area contributed by atoms with Gasteiger partial charge in [0.1, 0.15) is 11.6 Å². The zero-order valence-electron chi connectivity index (χ0n) is 17.0. The lowest BCUT2D eigenvalue weighted by molar-refractivity contribution is -0.141. The highest BCUT2D eigenvalue weighted by atomic mass is 32.1. The molecule has 0 saturated carbocycles. The minimum Gasteiger partial charge on any atom is -0.505 e. The Labute approximate surface area is 194 Å². The van der Waals surface area contributed by atoms with Gasteiger partial charge in [-0.3, -0.25) is 15.1 Å². The van der Waals surface area contributed by atoms with Gasteiger partial charge in [-0.05, 0) is 17.7 Å². The topological polar surface area (TPSA) is 126 Å². The molecule has 0 bridgehead atoms. The van der Waals surface area contributed by atoms with Crippen LogP contribution in [0, 0.1) is 0 Å². The molecule has 1 unspecified atom stereocenters. The Morgan fingerprint density at radius 2 is 1.82 bits per heavy atom. The molecule has 9 nitrogen and oxygen atoms in total. The van der Waals surface area contributed by atoms with Gasteiger partial charge in [-0.25, -0.2) is 4.79 Å². The highest BCUT2D eigenvalue weighted by Gasteiger charge is 2.22. The van der Waals surface area contributed by atoms with Gasteiger partial charge in [0.05, 0.1) is 12.7 Å². The molecule has 2 heterocycles. The number of pyridine rings is 1. The first kappa shape index (κ1) is 23.6. The fraction of sp³-hybridized carbons (Fsp3) is 0.174. The van der Waals surface area contributed by atoms with E-state index in [0.29, 0.717) is 17.1 Å². The Hall–Kier alpha value is -4.05. The van der Waals surface area contributed by atoms with Crippen molar-refractivity contribution in [2.24, 2.45) is 0 Å². The van der Waals surface area contributed by atoms with Crippen molar-refractivity contribution in [3.63, 3.8) is 0 Å². The van der Waals surface area contributed by atoms with E-state index in [9.17, 15) is 14.7 Å². The van der Waals surface area contributed by atoms with Crippen LogP contribution in [0.2, 0.25) is 0 Å². The number of benzene rings is 2. The Morgan fingerprint density at radius 1 is 1.06 bits per heavy atom. The van der Waals surface area contributed by atoms with E-state index in [4.69, 9.17) is 4.74 Å². The summed E-state index contributed by atoms with van der Waals surface area (Å²) in [5.74, 6) is -1.20. The number of ether oxygens (including phenoxy) is 1. The molecule has 0 radical (unpaired) electrons. The summed E-state index contributed by atoms with van der Waals surface area (Å²) in [4.78, 5) is 29.0. The van der Waals surface area contributed by atoms with Crippen LogP contribution in [0.25, 0.3) is 10.9 Å². The minimum absolute atomic E-state index is 0. The number of hydrogen-bond donors (Lipinski definition) is 3. The number of phenols is 1. The smallest absolute Gasteiger partial charge is 0.328 e. The molecule has 0 aliphatic carbocycles. The predicted octanol–water partition coefficient (Wildman–Crippen LogP) is 3.88. The van der Waals surface area contributed by atoms with Gasteiger partial charge < -0.3 is 15.2 Å². The van der Waals surface area contributed by atoms with Gasteiger partial charge in [0.25, 0.3) is 5.91 Å². The summed E-state index contributed by atoms with van der Waals surface area (Å²) in [6.45, 7) is 0. The number of hydrogen-bond acceptors (Lipinski definition) is 9. The van der Waals surface area contributed by atoms with Crippen LogP contribution in [-0.2, 0) is 16.0 Å². The molecule has 33 heavy (non-hydrogen) atoms. The molecule has 1 amide bonds. The quantitative estimate of drug-likeness (QED) is 0.351. The summed E-state index contributed by atoms with van der Waals surface area (Å²) in [5.41, 5.74) is 1.35. The molecule has 4 rings (SSSR count). The van der Waals surface area contributed by atoms with Crippen LogP contribution in [0.3, 0.4) is 0 Å². The van der Waals surface area contributed by atoms with Crippen LogP contribution in [-0.4, -0.2) is 45.3 Å². The number of aromatic nitrogens is 3. The van der Waals surface area contributed by atoms with Crippen molar-refractivity contribution < 1.29 is 19.4 Å². The van der Waals surface area contributed by atoms with E-state index in [1.54, 1.807) is 24.4 Å². The summed E-state index contributed by atoms with van der Waals surface area (Å²) in [6, 6.07) is 15.6. The van der Waals surface area contributed by atoms with Crippen molar-refractivity contribution in [3.05, 3.63) is 71.9 Å². The van der Waals surface area contributed by atoms with Gasteiger partial charge in [-0.2, -0.15) is 0 Å². The van der Waals surface area contributed by atoms with Crippen molar-refractivity contribution in [2.45, 2.75) is 19.9 Å². The van der Waals surface area contributed by atoms with Crippen LogP contribution >= 0.6 is 11.3 Å². The lowest BCUT2D eigenvalue weighted by Gasteiger charge is -2.15. The number of rotatable bonds is 7. The van der Waals surface area contributed by atoms with Gasteiger partial charge in [0.2, 0.25) is 10.3 Å². The van der Waals surface area contributed by atoms with E-state index in [0.717, 1.165) is 22.3 Å². The molecule has 2 aromatic carbocycles. The van der Waals surface area contributed by atoms with Gasteiger partial charge in [0, 0.05) is 18.0 Å². The molecular weight excluding hydrogens is 442 g/mol. The fourth-order valence-electron chi connectivity index (χ4n) is 3.14. The molecule has 10 heteroatoms. The summed E-state index contributed by atoms with van der Waals surface area (Å²) in [5, 5.41) is 25.3. The van der Waals surface area contributed by atoms with E-state index in [1.165, 1.54) is 13.2 Å². The Morgan fingerprint density at radius 3 is 2.58 bits per heavy atom. The van der Waals surface area contributed by atoms with Gasteiger partial charge >= 0.3 is 5.97 Å².